The average Bonchev–Trinajstić information content (AvgIpc) is 2.73. The van der Waals surface area contributed by atoms with Crippen LogP contribution in [0.15, 0.2) is 0 Å². The fourth-order valence-corrected chi connectivity index (χ4v) is 13.0. The molecule has 0 aromatic rings. The van der Waals surface area contributed by atoms with Gasteiger partial charge in [0.25, 0.3) is 0 Å². The van der Waals surface area contributed by atoms with Crippen molar-refractivity contribution in [2.75, 3.05) is 49.3 Å². The summed E-state index contributed by atoms with van der Waals surface area (Å²) >= 11 is 0. The molecule has 0 aliphatic heterocycles. The molecule has 8 heteroatoms. The molecule has 0 saturated heterocycles. The summed E-state index contributed by atoms with van der Waals surface area (Å²) in [6, 6.07) is 13.3. The van der Waals surface area contributed by atoms with Gasteiger partial charge in [-0.25, -0.2) is 0 Å². The summed E-state index contributed by atoms with van der Waals surface area (Å²) in [5, 5.41) is 54.6. The molecule has 28 heavy (non-hydrogen) atoms. The Labute approximate surface area is 170 Å². The van der Waals surface area contributed by atoms with Gasteiger partial charge in [-0.2, -0.15) is 31.6 Å². The lowest BCUT2D eigenvalue weighted by Gasteiger charge is -2.31. The summed E-state index contributed by atoms with van der Waals surface area (Å²) in [7, 11) is -3.25. The highest BCUT2D eigenvalue weighted by Crippen LogP contribution is 2.67. The lowest BCUT2D eigenvalue weighted by atomic mass is 10.5. The Bertz CT molecular complexity index is 555. The lowest BCUT2D eigenvalue weighted by Crippen LogP contribution is -2.20. The topological polar surface area (TPSA) is 143 Å². The van der Waals surface area contributed by atoms with Crippen molar-refractivity contribution in [2.24, 2.45) is 0 Å². The van der Waals surface area contributed by atoms with E-state index in [9.17, 15) is 0 Å². The van der Waals surface area contributed by atoms with Crippen molar-refractivity contribution < 1.29 is 0 Å². The molecule has 0 bridgehead atoms. The third-order valence-corrected chi connectivity index (χ3v) is 15.0. The zero-order chi connectivity index (χ0) is 21.1. The van der Waals surface area contributed by atoms with Crippen LogP contribution in [0.25, 0.3) is 0 Å². The third-order valence-electron chi connectivity index (χ3n) is 5.24. The van der Waals surface area contributed by atoms with Crippen molar-refractivity contribution in [3.05, 3.63) is 0 Å². The number of rotatable bonds is 15. The molecule has 6 nitrogen and oxygen atoms in total. The molecule has 0 heterocycles. The zero-order valence-corrected chi connectivity index (χ0v) is 18.3. The van der Waals surface area contributed by atoms with Crippen LogP contribution >= 0.6 is 14.5 Å². The van der Waals surface area contributed by atoms with Crippen LogP contribution < -0.4 is 0 Å². The van der Waals surface area contributed by atoms with Gasteiger partial charge in [0.05, 0.1) is 124 Å². The predicted octanol–water partition coefficient (Wildman–Crippen LogP) is 4.50. The van der Waals surface area contributed by atoms with Crippen molar-refractivity contribution in [1.29, 1.82) is 31.6 Å². The van der Waals surface area contributed by atoms with E-state index in [1.54, 1.807) is 0 Å². The quantitative estimate of drug-likeness (QED) is 0.361. The highest BCUT2D eigenvalue weighted by Gasteiger charge is 2.43. The molecule has 0 aliphatic rings. The second-order valence-electron chi connectivity index (χ2n) is 6.92. The minimum absolute atomic E-state index is 0.435. The van der Waals surface area contributed by atoms with Gasteiger partial charge in [0.2, 0.25) is 0 Å². The minimum atomic E-state index is -1.63. The van der Waals surface area contributed by atoms with E-state index in [4.69, 9.17) is 31.6 Å². The van der Waals surface area contributed by atoms with E-state index in [2.05, 4.69) is 36.4 Å². The number of hydrogen-bond donors (Lipinski definition) is 0. The van der Waals surface area contributed by atoms with Gasteiger partial charge in [-0.15, -0.1) is 0 Å². The predicted molar refractivity (Wildman–Crippen MR) is 114 cm³/mol. The molecule has 0 atom stereocenters. The Balaban J connectivity index is 5.64. The van der Waals surface area contributed by atoms with Gasteiger partial charge in [0.15, 0.2) is 0 Å². The van der Waals surface area contributed by atoms with E-state index < -0.39 is 14.5 Å². The van der Waals surface area contributed by atoms with Crippen molar-refractivity contribution in [2.45, 2.75) is 38.5 Å². The molecule has 146 valence electrons. The van der Waals surface area contributed by atoms with E-state index in [-0.39, 0.29) is 0 Å². The second-order valence-corrected chi connectivity index (χ2v) is 15.9. The van der Waals surface area contributed by atoms with Crippen LogP contribution in [-0.2, 0) is 0 Å². The second kappa shape index (κ2) is 15.8. The van der Waals surface area contributed by atoms with E-state index in [0.29, 0.717) is 38.5 Å². The first-order chi connectivity index (χ1) is 13.6. The fourth-order valence-electron chi connectivity index (χ4n) is 3.49. The average molecular weight is 414 g/mol. The number of nitriles is 6. The summed E-state index contributed by atoms with van der Waals surface area (Å²) in [4.78, 5) is 0. The van der Waals surface area contributed by atoms with Gasteiger partial charge in [-0.1, -0.05) is 0 Å². The molecule has 0 radical (unpaired) electrons. The molecule has 0 aromatic heterocycles. The first-order valence-electron chi connectivity index (χ1n) is 9.49. The van der Waals surface area contributed by atoms with E-state index in [1.165, 1.54) is 0 Å². The van der Waals surface area contributed by atoms with Crippen molar-refractivity contribution in [1.82, 2.24) is 0 Å². The SMILES string of the molecule is N#CCC[P+](CCC#N)(CCC#N)CC[P+](CCC#N)(CCC#N)CCC#N. The largest absolute Gasteiger partial charge is 0.198 e. The van der Waals surface area contributed by atoms with Crippen molar-refractivity contribution in [3.63, 3.8) is 0 Å². The Hall–Kier alpha value is -2.20. The van der Waals surface area contributed by atoms with E-state index in [0.717, 1.165) is 49.3 Å². The summed E-state index contributed by atoms with van der Waals surface area (Å²) in [5.41, 5.74) is 0. The van der Waals surface area contributed by atoms with Gasteiger partial charge >= 0.3 is 0 Å². The summed E-state index contributed by atoms with van der Waals surface area (Å²) < 4.78 is 0. The van der Waals surface area contributed by atoms with Crippen LogP contribution in [0.1, 0.15) is 38.5 Å². The van der Waals surface area contributed by atoms with Gasteiger partial charge < -0.3 is 0 Å². The monoisotopic (exact) mass is 414 g/mol. The zero-order valence-electron chi connectivity index (χ0n) is 16.5. The molecule has 0 amide bonds. The van der Waals surface area contributed by atoms with Crippen molar-refractivity contribution in [3.8, 4) is 36.4 Å². The molecular formula is C20H28N6P2+2. The lowest BCUT2D eigenvalue weighted by molar-refractivity contribution is 1.07. The number of nitrogens with zero attached hydrogens (tertiary/aromatic N) is 6. The van der Waals surface area contributed by atoms with Crippen LogP contribution in [0.4, 0.5) is 0 Å². The first-order valence-corrected chi connectivity index (χ1v) is 14.6. The molecule has 0 spiro atoms. The summed E-state index contributed by atoms with van der Waals surface area (Å²) in [6.07, 6.45) is 9.00. The summed E-state index contributed by atoms with van der Waals surface area (Å²) in [6.45, 7) is 0. The molecule has 0 N–H and O–H groups in total. The highest BCUT2D eigenvalue weighted by atomic mass is 31.2. The Morgan fingerprint density at radius 2 is 0.500 bits per heavy atom. The van der Waals surface area contributed by atoms with Gasteiger partial charge in [-0.05, 0) is 0 Å². The van der Waals surface area contributed by atoms with Gasteiger partial charge in [0.1, 0.15) is 0 Å². The molecule has 0 rings (SSSR count). The fraction of sp³-hybridized carbons (Fsp3) is 0.700. The third kappa shape index (κ3) is 10.2. The Morgan fingerprint density at radius 3 is 0.643 bits per heavy atom. The van der Waals surface area contributed by atoms with Gasteiger partial charge in [0, 0.05) is 14.5 Å². The maximum atomic E-state index is 9.09. The molecule has 0 saturated carbocycles. The van der Waals surface area contributed by atoms with E-state index in [1.807, 2.05) is 0 Å². The number of hydrogen-bond acceptors (Lipinski definition) is 6. The standard InChI is InChI=1S/C20H28N6P2/c21-7-1-13-27(14-2-8-22,15-3-9-23)19-20-28(16-4-10-24,17-5-11-25)18-6-12-26/h1-6,13-20H2/q+2. The molecule has 0 unspecified atom stereocenters. The highest BCUT2D eigenvalue weighted by molar-refractivity contribution is 7.79. The van der Waals surface area contributed by atoms with Crippen LogP contribution in [0.2, 0.25) is 0 Å². The molecule has 0 aromatic carbocycles. The van der Waals surface area contributed by atoms with Crippen LogP contribution in [0.5, 0.6) is 0 Å². The molecule has 0 fully saturated rings. The molecule has 0 aliphatic carbocycles. The van der Waals surface area contributed by atoms with Crippen molar-refractivity contribution >= 4 is 14.5 Å². The van der Waals surface area contributed by atoms with E-state index >= 15 is 0 Å². The van der Waals surface area contributed by atoms with Crippen LogP contribution in [0, 0.1) is 68.0 Å². The maximum absolute atomic E-state index is 9.09. The minimum Gasteiger partial charge on any atom is -0.198 e. The van der Waals surface area contributed by atoms with Crippen LogP contribution in [-0.4, -0.2) is 49.3 Å². The maximum Gasteiger partial charge on any atom is 0.0930 e. The smallest absolute Gasteiger partial charge is 0.0930 e. The van der Waals surface area contributed by atoms with Crippen LogP contribution in [0.3, 0.4) is 0 Å². The normalized spacial score (nSPS) is 10.5. The summed E-state index contributed by atoms with van der Waals surface area (Å²) in [5.74, 6) is 0. The van der Waals surface area contributed by atoms with Gasteiger partial charge in [-0.3, -0.25) is 0 Å². The Morgan fingerprint density at radius 1 is 0.321 bits per heavy atom. The Kier molecular flexibility index (Phi) is 14.6. The molecular weight excluding hydrogens is 386 g/mol. The first kappa shape index (κ1) is 25.8.